The number of likely N-dealkylation sites (N-methyl/N-ethyl adjacent to an activating group) is 1. The summed E-state index contributed by atoms with van der Waals surface area (Å²) in [6.07, 6.45) is 6.91. The predicted molar refractivity (Wildman–Crippen MR) is 92.4 cm³/mol. The van der Waals surface area contributed by atoms with Gasteiger partial charge in [-0.15, -0.1) is 30.2 Å². The number of nitrogens with zero attached hydrogens (tertiary/aromatic N) is 1. The van der Waals surface area contributed by atoms with Gasteiger partial charge in [0.15, 0.2) is 0 Å². The predicted octanol–water partition coefficient (Wildman–Crippen LogP) is 5.01. The fourth-order valence-corrected chi connectivity index (χ4v) is 2.31. The molecule has 0 aromatic heterocycles. The molecule has 1 aromatic rings. The van der Waals surface area contributed by atoms with Crippen molar-refractivity contribution in [2.24, 2.45) is 0 Å². The number of halogens is 3. The average molecular weight is 387 g/mol. The monoisotopic (exact) mass is 387 g/mol. The van der Waals surface area contributed by atoms with Gasteiger partial charge in [0.2, 0.25) is 0 Å². The number of hydrogen-bond donors (Lipinski definition) is 0. The topological polar surface area (TPSA) is 3.24 Å². The molecular weight excluding hydrogens is 367 g/mol. The van der Waals surface area contributed by atoms with Crippen LogP contribution in [0.4, 0.5) is 13.2 Å². The van der Waals surface area contributed by atoms with Gasteiger partial charge in [-0.3, -0.25) is 0 Å². The molecule has 2 aliphatic rings. The minimum atomic E-state index is -4.28. The fraction of sp³-hybridized carbons (Fsp3) is 0.200. The standard InChI is InChI=1S/C15H15F3N.C5H5.Fe/c1-19(2)10-11-3-4-13(9-11)12-5-7-14(8-6-12)15(16,17)18;1-2-4-5-3-1;/h3-9H,10H2,1-2H3;1-5H;/q2*-1;+2. The molecule has 134 valence electrons. The largest absolute Gasteiger partial charge is 2.00 e. The molecule has 0 atom stereocenters. The molecular formula is C20H20F3FeN. The van der Waals surface area contributed by atoms with E-state index >= 15 is 0 Å². The molecule has 5 heteroatoms. The molecule has 0 heterocycles. The second-order valence-corrected chi connectivity index (χ2v) is 5.78. The molecule has 1 nitrogen and oxygen atoms in total. The van der Waals surface area contributed by atoms with Gasteiger partial charge >= 0.3 is 23.2 Å². The summed E-state index contributed by atoms with van der Waals surface area (Å²) in [5.74, 6) is 0. The summed E-state index contributed by atoms with van der Waals surface area (Å²) < 4.78 is 37.4. The van der Waals surface area contributed by atoms with Gasteiger partial charge in [0.25, 0.3) is 0 Å². The zero-order valence-electron chi connectivity index (χ0n) is 14.1. The van der Waals surface area contributed by atoms with Crippen molar-refractivity contribution >= 4 is 0 Å². The van der Waals surface area contributed by atoms with Gasteiger partial charge < -0.3 is 4.90 Å². The fourth-order valence-electron chi connectivity index (χ4n) is 2.31. The smallest absolute Gasteiger partial charge is 0.305 e. The maximum absolute atomic E-state index is 12.5. The van der Waals surface area contributed by atoms with E-state index in [2.05, 4.69) is 0 Å². The number of hydrogen-bond acceptors (Lipinski definition) is 1. The van der Waals surface area contributed by atoms with E-state index in [0.29, 0.717) is 0 Å². The first kappa shape index (κ1) is 21.2. The molecule has 2 aliphatic carbocycles. The zero-order chi connectivity index (χ0) is 17.6. The van der Waals surface area contributed by atoms with E-state index in [0.717, 1.165) is 35.4 Å². The normalized spacial score (nSPS) is 18.8. The van der Waals surface area contributed by atoms with Crippen LogP contribution in [-0.2, 0) is 17.1 Å². The van der Waals surface area contributed by atoms with Crippen LogP contribution in [0.15, 0.2) is 89.1 Å². The van der Waals surface area contributed by atoms with E-state index in [9.17, 15) is 13.2 Å². The van der Waals surface area contributed by atoms with Gasteiger partial charge in [0, 0.05) is 6.54 Å². The van der Waals surface area contributed by atoms with Gasteiger partial charge in [-0.2, -0.15) is 31.4 Å². The van der Waals surface area contributed by atoms with E-state index in [1.165, 1.54) is 12.5 Å². The van der Waals surface area contributed by atoms with Gasteiger partial charge in [0.05, 0.1) is 0 Å². The molecule has 0 bridgehead atoms. The van der Waals surface area contributed by atoms with Crippen LogP contribution in [0, 0.1) is 6.42 Å². The Bertz CT molecular complexity index is 670. The van der Waals surface area contributed by atoms with Crippen LogP contribution in [0.1, 0.15) is 0 Å². The van der Waals surface area contributed by atoms with Crippen molar-refractivity contribution in [3.63, 3.8) is 0 Å². The molecule has 1 aromatic carbocycles. The van der Waals surface area contributed by atoms with E-state index < -0.39 is 11.7 Å². The summed E-state index contributed by atoms with van der Waals surface area (Å²) in [6.45, 7) is 0.820. The van der Waals surface area contributed by atoms with Crippen molar-refractivity contribution in [1.82, 2.24) is 4.90 Å². The first-order chi connectivity index (χ1) is 11.4. The Morgan fingerprint density at radius 1 is 1.00 bits per heavy atom. The maximum atomic E-state index is 12.5. The molecule has 0 fully saturated rings. The molecule has 0 N–H and O–H groups in total. The van der Waals surface area contributed by atoms with Crippen molar-refractivity contribution in [1.29, 1.82) is 0 Å². The minimum Gasteiger partial charge on any atom is -0.305 e. The Balaban J connectivity index is 0.000000448. The third kappa shape index (κ3) is 6.91. The summed E-state index contributed by atoms with van der Waals surface area (Å²) in [5, 5.41) is 0. The first-order valence-corrected chi connectivity index (χ1v) is 7.61. The third-order valence-electron chi connectivity index (χ3n) is 3.42. The van der Waals surface area contributed by atoms with E-state index in [-0.39, 0.29) is 17.1 Å². The Morgan fingerprint density at radius 3 is 2.12 bits per heavy atom. The van der Waals surface area contributed by atoms with Crippen LogP contribution < -0.4 is 0 Å². The van der Waals surface area contributed by atoms with Crippen LogP contribution in [0.25, 0.3) is 0 Å². The summed E-state index contributed by atoms with van der Waals surface area (Å²) >= 11 is 0. The second-order valence-electron chi connectivity index (χ2n) is 5.78. The summed E-state index contributed by atoms with van der Waals surface area (Å²) in [6, 6.07) is 10.0. The van der Waals surface area contributed by atoms with E-state index in [1.54, 1.807) is 0 Å². The van der Waals surface area contributed by atoms with Crippen LogP contribution >= 0.6 is 0 Å². The van der Waals surface area contributed by atoms with Crippen molar-refractivity contribution in [2.45, 2.75) is 6.18 Å². The zero-order valence-corrected chi connectivity index (χ0v) is 15.2. The molecule has 3 rings (SSSR count). The summed E-state index contributed by atoms with van der Waals surface area (Å²) in [7, 11) is 3.95. The van der Waals surface area contributed by atoms with Gasteiger partial charge in [0.1, 0.15) is 0 Å². The quantitative estimate of drug-likeness (QED) is 0.510. The number of allylic oxidation sites excluding steroid dienone is 8. The maximum Gasteiger partial charge on any atom is 2.00 e. The molecule has 0 saturated carbocycles. The van der Waals surface area contributed by atoms with Crippen molar-refractivity contribution in [3.8, 4) is 0 Å². The van der Waals surface area contributed by atoms with Crippen LogP contribution in [-0.4, -0.2) is 31.7 Å². The van der Waals surface area contributed by atoms with Crippen LogP contribution in [0.5, 0.6) is 0 Å². The average Bonchev–Trinajstić information content (AvgIpc) is 3.20. The van der Waals surface area contributed by atoms with Crippen LogP contribution in [0.3, 0.4) is 0 Å². The Labute approximate surface area is 157 Å². The van der Waals surface area contributed by atoms with Crippen molar-refractivity contribution in [2.75, 3.05) is 20.6 Å². The second kappa shape index (κ2) is 9.62. The summed E-state index contributed by atoms with van der Waals surface area (Å²) in [5.41, 5.74) is 2.29. The minimum absolute atomic E-state index is 0. The van der Waals surface area contributed by atoms with Gasteiger partial charge in [-0.05, 0) is 25.2 Å². The number of alkyl halides is 3. The third-order valence-corrected chi connectivity index (χ3v) is 3.42. The molecule has 0 aliphatic heterocycles. The van der Waals surface area contributed by atoms with Gasteiger partial charge in [-0.25, -0.2) is 12.1 Å². The summed E-state index contributed by atoms with van der Waals surface area (Å²) in [4.78, 5) is 2.05. The molecule has 0 spiro atoms. The van der Waals surface area contributed by atoms with E-state index in [4.69, 9.17) is 0 Å². The Kier molecular flexibility index (Phi) is 8.17. The molecule has 0 amide bonds. The van der Waals surface area contributed by atoms with Crippen molar-refractivity contribution in [3.05, 3.63) is 95.5 Å². The van der Waals surface area contributed by atoms with Crippen molar-refractivity contribution < 1.29 is 30.2 Å². The van der Waals surface area contributed by atoms with E-state index in [1.807, 2.05) is 67.6 Å². The Hall–Kier alpha value is -1.81. The van der Waals surface area contributed by atoms with Gasteiger partial charge in [-0.1, -0.05) is 23.8 Å². The van der Waals surface area contributed by atoms with Crippen LogP contribution in [0.2, 0.25) is 0 Å². The molecule has 0 radical (unpaired) electrons. The number of rotatable bonds is 2. The molecule has 0 unspecified atom stereocenters. The molecule has 0 saturated heterocycles. The Morgan fingerprint density at radius 2 is 1.68 bits per heavy atom. The first-order valence-electron chi connectivity index (χ1n) is 7.61. The molecule has 25 heavy (non-hydrogen) atoms. The SMILES string of the molecule is CN(C)CC1=C/C(=C2/C=CC(C(F)(F)F)=C[CH-]2)C=C1.[Fe+2].c1cc[cH-]c1.